The van der Waals surface area contributed by atoms with Crippen LogP contribution in [0.4, 0.5) is 0 Å². The predicted octanol–water partition coefficient (Wildman–Crippen LogP) is 0.411. The first-order valence-electron chi connectivity index (χ1n) is 4.03. The summed E-state index contributed by atoms with van der Waals surface area (Å²) in [6.45, 7) is 5.86. The molecule has 0 saturated carbocycles. The third-order valence-corrected chi connectivity index (χ3v) is 2.33. The van der Waals surface area contributed by atoms with E-state index in [9.17, 15) is 4.79 Å². The molecule has 0 aliphatic rings. The molecule has 0 aliphatic carbocycles. The summed E-state index contributed by atoms with van der Waals surface area (Å²) in [7, 11) is 3.74. The van der Waals surface area contributed by atoms with E-state index in [1.54, 1.807) is 0 Å². The summed E-state index contributed by atoms with van der Waals surface area (Å²) in [6.07, 6.45) is 2.01. The molecule has 2 N–H and O–H groups in total. The third-order valence-electron chi connectivity index (χ3n) is 2.33. The van der Waals surface area contributed by atoms with Crippen LogP contribution in [0.2, 0.25) is 0 Å². The lowest BCUT2D eigenvalue weighted by molar-refractivity contribution is -0.124. The molecule has 0 aromatic heterocycles. The maximum absolute atomic E-state index is 11.4. The standard InChI is InChI=1S/C9H18N2O/c1-5-8(12)9(2,6-7-10)11(3)4/h5H,1,6-7,10H2,2-4H3. The zero-order valence-corrected chi connectivity index (χ0v) is 8.13. The lowest BCUT2D eigenvalue weighted by Crippen LogP contribution is -2.49. The molecular formula is C9H18N2O. The molecule has 0 spiro atoms. The summed E-state index contributed by atoms with van der Waals surface area (Å²) in [5, 5.41) is 0. The van der Waals surface area contributed by atoms with E-state index in [0.717, 1.165) is 0 Å². The minimum atomic E-state index is -0.490. The van der Waals surface area contributed by atoms with Crippen LogP contribution in [0, 0.1) is 0 Å². The molecule has 0 aromatic rings. The number of hydrogen-bond donors (Lipinski definition) is 1. The fourth-order valence-electron chi connectivity index (χ4n) is 1.07. The van der Waals surface area contributed by atoms with Gasteiger partial charge in [0.2, 0.25) is 0 Å². The molecule has 12 heavy (non-hydrogen) atoms. The van der Waals surface area contributed by atoms with Crippen molar-refractivity contribution in [2.75, 3.05) is 20.6 Å². The van der Waals surface area contributed by atoms with Crippen molar-refractivity contribution in [3.8, 4) is 0 Å². The Balaban J connectivity index is 4.60. The molecule has 0 saturated heterocycles. The van der Waals surface area contributed by atoms with E-state index < -0.39 is 5.54 Å². The highest BCUT2D eigenvalue weighted by Crippen LogP contribution is 2.17. The summed E-state index contributed by atoms with van der Waals surface area (Å²) in [6, 6.07) is 0. The predicted molar refractivity (Wildman–Crippen MR) is 51.0 cm³/mol. The smallest absolute Gasteiger partial charge is 0.175 e. The number of carbonyl (C=O) groups is 1. The van der Waals surface area contributed by atoms with Crippen LogP contribution in [0.15, 0.2) is 12.7 Å². The highest BCUT2D eigenvalue weighted by atomic mass is 16.1. The Morgan fingerprint density at radius 1 is 1.67 bits per heavy atom. The van der Waals surface area contributed by atoms with Crippen LogP contribution in [0.25, 0.3) is 0 Å². The second kappa shape index (κ2) is 4.38. The lowest BCUT2D eigenvalue weighted by Gasteiger charge is -2.33. The second-order valence-electron chi connectivity index (χ2n) is 3.28. The maximum Gasteiger partial charge on any atom is 0.175 e. The summed E-state index contributed by atoms with van der Waals surface area (Å²) < 4.78 is 0. The molecule has 1 unspecified atom stereocenters. The van der Waals surface area contributed by atoms with Crippen LogP contribution >= 0.6 is 0 Å². The van der Waals surface area contributed by atoms with E-state index in [2.05, 4.69) is 6.58 Å². The highest BCUT2D eigenvalue weighted by molar-refractivity contribution is 5.97. The fourth-order valence-corrected chi connectivity index (χ4v) is 1.07. The molecule has 0 aromatic carbocycles. The van der Waals surface area contributed by atoms with Crippen molar-refractivity contribution in [1.29, 1.82) is 0 Å². The number of ketones is 1. The summed E-state index contributed by atoms with van der Waals surface area (Å²) in [4.78, 5) is 13.3. The molecule has 0 heterocycles. The minimum Gasteiger partial charge on any atom is -0.330 e. The number of nitrogens with zero attached hydrogens (tertiary/aromatic N) is 1. The second-order valence-corrected chi connectivity index (χ2v) is 3.28. The number of carbonyl (C=O) groups excluding carboxylic acids is 1. The van der Waals surface area contributed by atoms with Crippen LogP contribution in [-0.2, 0) is 4.79 Å². The van der Waals surface area contributed by atoms with E-state index in [1.807, 2.05) is 25.9 Å². The van der Waals surface area contributed by atoms with Crippen molar-refractivity contribution in [3.05, 3.63) is 12.7 Å². The van der Waals surface area contributed by atoms with Crippen molar-refractivity contribution in [2.45, 2.75) is 18.9 Å². The normalized spacial score (nSPS) is 15.8. The highest BCUT2D eigenvalue weighted by Gasteiger charge is 2.32. The molecular weight excluding hydrogens is 152 g/mol. The molecule has 0 bridgehead atoms. The molecule has 0 aliphatic heterocycles. The van der Waals surface area contributed by atoms with Crippen molar-refractivity contribution >= 4 is 5.78 Å². The molecule has 70 valence electrons. The quantitative estimate of drug-likeness (QED) is 0.608. The molecule has 1 atom stereocenters. The van der Waals surface area contributed by atoms with Gasteiger partial charge < -0.3 is 5.73 Å². The van der Waals surface area contributed by atoms with Crippen LogP contribution in [0.1, 0.15) is 13.3 Å². The maximum atomic E-state index is 11.4. The molecule has 0 amide bonds. The molecule has 0 rings (SSSR count). The van der Waals surface area contributed by atoms with Crippen molar-refractivity contribution in [3.63, 3.8) is 0 Å². The van der Waals surface area contributed by atoms with Gasteiger partial charge in [0.15, 0.2) is 5.78 Å². The number of nitrogens with two attached hydrogens (primary N) is 1. The Morgan fingerprint density at radius 3 is 2.42 bits per heavy atom. The van der Waals surface area contributed by atoms with Crippen LogP contribution < -0.4 is 5.73 Å². The van der Waals surface area contributed by atoms with E-state index in [1.165, 1.54) is 6.08 Å². The Bertz CT molecular complexity index is 177. The minimum absolute atomic E-state index is 0.0259. The Morgan fingerprint density at radius 2 is 2.17 bits per heavy atom. The SMILES string of the molecule is C=CC(=O)C(C)(CCN)N(C)C. The monoisotopic (exact) mass is 170 g/mol. The number of likely N-dealkylation sites (N-methyl/N-ethyl adjacent to an activating group) is 1. The van der Waals surface area contributed by atoms with Gasteiger partial charge in [-0.3, -0.25) is 9.69 Å². The van der Waals surface area contributed by atoms with Gasteiger partial charge >= 0.3 is 0 Å². The van der Waals surface area contributed by atoms with Gasteiger partial charge in [0.1, 0.15) is 0 Å². The Hall–Kier alpha value is -0.670. The van der Waals surface area contributed by atoms with Crippen molar-refractivity contribution in [1.82, 2.24) is 4.90 Å². The lowest BCUT2D eigenvalue weighted by atomic mass is 9.91. The van der Waals surface area contributed by atoms with Crippen LogP contribution in [-0.4, -0.2) is 36.9 Å². The molecule has 3 heteroatoms. The van der Waals surface area contributed by atoms with E-state index >= 15 is 0 Å². The topological polar surface area (TPSA) is 46.3 Å². The molecule has 3 nitrogen and oxygen atoms in total. The van der Waals surface area contributed by atoms with Gasteiger partial charge in [-0.05, 0) is 40.1 Å². The van der Waals surface area contributed by atoms with E-state index in [-0.39, 0.29) is 5.78 Å². The molecule has 0 fully saturated rings. The summed E-state index contributed by atoms with van der Waals surface area (Å²) >= 11 is 0. The summed E-state index contributed by atoms with van der Waals surface area (Å²) in [5.74, 6) is 0.0259. The van der Waals surface area contributed by atoms with Gasteiger partial charge in [0.05, 0.1) is 5.54 Å². The Kier molecular flexibility index (Phi) is 4.13. The zero-order chi connectivity index (χ0) is 9.78. The Labute approximate surface area is 74.2 Å². The van der Waals surface area contributed by atoms with E-state index in [4.69, 9.17) is 5.73 Å². The van der Waals surface area contributed by atoms with E-state index in [0.29, 0.717) is 13.0 Å². The first-order valence-corrected chi connectivity index (χ1v) is 4.03. The number of rotatable bonds is 5. The number of hydrogen-bond acceptors (Lipinski definition) is 3. The average Bonchev–Trinajstić information content (AvgIpc) is 2.03. The van der Waals surface area contributed by atoms with Crippen molar-refractivity contribution < 1.29 is 4.79 Å². The fraction of sp³-hybridized carbons (Fsp3) is 0.667. The average molecular weight is 170 g/mol. The molecule has 0 radical (unpaired) electrons. The van der Waals surface area contributed by atoms with Gasteiger partial charge in [-0.15, -0.1) is 0 Å². The van der Waals surface area contributed by atoms with Gasteiger partial charge in [-0.25, -0.2) is 0 Å². The first kappa shape index (κ1) is 11.3. The van der Waals surface area contributed by atoms with Gasteiger partial charge in [-0.1, -0.05) is 6.58 Å². The van der Waals surface area contributed by atoms with Gasteiger partial charge in [0, 0.05) is 0 Å². The van der Waals surface area contributed by atoms with Crippen LogP contribution in [0.3, 0.4) is 0 Å². The summed E-state index contributed by atoms with van der Waals surface area (Å²) in [5.41, 5.74) is 4.94. The van der Waals surface area contributed by atoms with Crippen LogP contribution in [0.5, 0.6) is 0 Å². The van der Waals surface area contributed by atoms with Gasteiger partial charge in [0.25, 0.3) is 0 Å². The third kappa shape index (κ3) is 2.16. The van der Waals surface area contributed by atoms with Crippen molar-refractivity contribution in [2.24, 2.45) is 5.73 Å². The van der Waals surface area contributed by atoms with Gasteiger partial charge in [-0.2, -0.15) is 0 Å². The first-order chi connectivity index (χ1) is 5.49. The zero-order valence-electron chi connectivity index (χ0n) is 8.13. The largest absolute Gasteiger partial charge is 0.330 e.